The van der Waals surface area contributed by atoms with E-state index in [9.17, 15) is 0 Å². The van der Waals surface area contributed by atoms with Gasteiger partial charge in [-0.05, 0) is 54.5 Å². The van der Waals surface area contributed by atoms with E-state index in [1.54, 1.807) is 7.11 Å². The Labute approximate surface area is 109 Å². The average molecular weight is 253 g/mol. The van der Waals surface area contributed by atoms with E-state index in [-0.39, 0.29) is 0 Å². The molecular formula is C14H23NOS. The Morgan fingerprint density at radius 2 is 2.00 bits per heavy atom. The van der Waals surface area contributed by atoms with Crippen LogP contribution in [0.25, 0.3) is 0 Å². The fourth-order valence-electron chi connectivity index (χ4n) is 1.79. The van der Waals surface area contributed by atoms with Crippen LogP contribution in [0.15, 0.2) is 24.3 Å². The quantitative estimate of drug-likeness (QED) is 0.723. The Balaban J connectivity index is 2.43. The number of thioether (sulfide) groups is 1. The van der Waals surface area contributed by atoms with Crippen molar-refractivity contribution in [1.29, 1.82) is 0 Å². The van der Waals surface area contributed by atoms with Gasteiger partial charge < -0.3 is 10.5 Å². The van der Waals surface area contributed by atoms with Crippen LogP contribution >= 0.6 is 11.8 Å². The highest BCUT2D eigenvalue weighted by Gasteiger charge is 2.07. The molecule has 1 unspecified atom stereocenters. The molecule has 0 radical (unpaired) electrons. The predicted molar refractivity (Wildman–Crippen MR) is 76.9 cm³/mol. The number of methoxy groups -OCH3 is 1. The van der Waals surface area contributed by atoms with Gasteiger partial charge in [0.1, 0.15) is 5.75 Å². The molecule has 0 saturated carbocycles. The van der Waals surface area contributed by atoms with Crippen LogP contribution in [-0.2, 0) is 6.42 Å². The van der Waals surface area contributed by atoms with Crippen LogP contribution in [-0.4, -0.2) is 25.2 Å². The van der Waals surface area contributed by atoms with Crippen LogP contribution in [0.2, 0.25) is 0 Å². The summed E-state index contributed by atoms with van der Waals surface area (Å²) >= 11 is 1.99. The lowest BCUT2D eigenvalue weighted by molar-refractivity contribution is 0.414. The molecule has 1 aromatic carbocycles. The summed E-state index contributed by atoms with van der Waals surface area (Å²) in [7, 11) is 1.69. The minimum absolute atomic E-state index is 0.599. The van der Waals surface area contributed by atoms with Crippen LogP contribution < -0.4 is 10.5 Å². The first-order chi connectivity index (χ1) is 8.30. The maximum Gasteiger partial charge on any atom is 0.118 e. The number of hydrogen-bond donors (Lipinski definition) is 1. The molecule has 1 aromatic rings. The second-order valence-electron chi connectivity index (χ2n) is 4.14. The third-order valence-electron chi connectivity index (χ3n) is 2.89. The lowest BCUT2D eigenvalue weighted by Crippen LogP contribution is -2.17. The molecule has 3 heteroatoms. The number of nitrogens with two attached hydrogens (primary N) is 1. The summed E-state index contributed by atoms with van der Waals surface area (Å²) in [6.07, 6.45) is 2.28. The molecule has 1 atom stereocenters. The molecule has 0 aliphatic rings. The normalized spacial score (nSPS) is 12.4. The molecule has 96 valence electrons. The van der Waals surface area contributed by atoms with Gasteiger partial charge in [0.15, 0.2) is 0 Å². The second-order valence-corrected chi connectivity index (χ2v) is 5.53. The molecule has 0 fully saturated rings. The fourth-order valence-corrected chi connectivity index (χ4v) is 2.58. The molecular weight excluding hydrogens is 230 g/mol. The summed E-state index contributed by atoms with van der Waals surface area (Å²) in [4.78, 5) is 0. The van der Waals surface area contributed by atoms with E-state index in [0.717, 1.165) is 18.7 Å². The van der Waals surface area contributed by atoms with Crippen molar-refractivity contribution >= 4 is 11.8 Å². The van der Waals surface area contributed by atoms with E-state index < -0.39 is 0 Å². The van der Waals surface area contributed by atoms with Gasteiger partial charge in [0.25, 0.3) is 0 Å². The molecule has 0 bridgehead atoms. The molecule has 0 heterocycles. The van der Waals surface area contributed by atoms with Gasteiger partial charge in [-0.25, -0.2) is 0 Å². The van der Waals surface area contributed by atoms with E-state index in [4.69, 9.17) is 10.5 Å². The lowest BCUT2D eigenvalue weighted by atomic mass is 9.97. The topological polar surface area (TPSA) is 35.2 Å². The van der Waals surface area contributed by atoms with Crippen molar-refractivity contribution in [3.8, 4) is 5.75 Å². The highest BCUT2D eigenvalue weighted by Crippen LogP contribution is 2.17. The van der Waals surface area contributed by atoms with Gasteiger partial charge in [0, 0.05) is 0 Å². The monoisotopic (exact) mass is 253 g/mol. The smallest absolute Gasteiger partial charge is 0.118 e. The predicted octanol–water partition coefficient (Wildman–Crippen LogP) is 2.96. The van der Waals surface area contributed by atoms with Crippen LogP contribution in [0.3, 0.4) is 0 Å². The molecule has 17 heavy (non-hydrogen) atoms. The number of ether oxygens (including phenoxy) is 1. The van der Waals surface area contributed by atoms with Crippen LogP contribution in [0.4, 0.5) is 0 Å². The Bertz CT molecular complexity index is 300. The van der Waals surface area contributed by atoms with Crippen molar-refractivity contribution in [3.05, 3.63) is 29.8 Å². The first-order valence-corrected chi connectivity index (χ1v) is 7.36. The van der Waals surface area contributed by atoms with Crippen LogP contribution in [0, 0.1) is 5.92 Å². The molecule has 0 amide bonds. The average Bonchev–Trinajstić information content (AvgIpc) is 2.38. The molecule has 2 N–H and O–H groups in total. The Hall–Kier alpha value is -0.670. The molecule has 0 aliphatic heterocycles. The number of hydrogen-bond acceptors (Lipinski definition) is 3. The standard InChI is InChI=1S/C14H23NOS/c1-3-17-9-8-13(11-15)10-12-4-6-14(16-2)7-5-12/h4-7,13H,3,8-11,15H2,1-2H3. The van der Waals surface area contributed by atoms with Crippen molar-refractivity contribution in [3.63, 3.8) is 0 Å². The summed E-state index contributed by atoms with van der Waals surface area (Å²) in [5.41, 5.74) is 7.17. The largest absolute Gasteiger partial charge is 0.497 e. The third-order valence-corrected chi connectivity index (χ3v) is 3.82. The zero-order valence-electron chi connectivity index (χ0n) is 10.8. The van der Waals surface area contributed by atoms with Crippen molar-refractivity contribution in [1.82, 2.24) is 0 Å². The molecule has 1 rings (SSSR count). The van der Waals surface area contributed by atoms with Gasteiger partial charge in [-0.15, -0.1) is 0 Å². The van der Waals surface area contributed by atoms with E-state index in [0.29, 0.717) is 5.92 Å². The molecule has 0 aliphatic carbocycles. The van der Waals surface area contributed by atoms with Crippen molar-refractivity contribution in [2.45, 2.75) is 19.8 Å². The summed E-state index contributed by atoms with van der Waals surface area (Å²) < 4.78 is 5.15. The van der Waals surface area contributed by atoms with E-state index in [1.165, 1.54) is 23.5 Å². The first kappa shape index (κ1) is 14.4. The molecule has 0 saturated heterocycles. The minimum Gasteiger partial charge on any atom is -0.497 e. The Morgan fingerprint density at radius 3 is 2.53 bits per heavy atom. The maximum absolute atomic E-state index is 5.82. The maximum atomic E-state index is 5.82. The van der Waals surface area contributed by atoms with Crippen LogP contribution in [0.1, 0.15) is 18.9 Å². The van der Waals surface area contributed by atoms with E-state index >= 15 is 0 Å². The summed E-state index contributed by atoms with van der Waals surface area (Å²) in [6.45, 7) is 2.97. The number of rotatable bonds is 8. The zero-order valence-corrected chi connectivity index (χ0v) is 11.6. The highest BCUT2D eigenvalue weighted by atomic mass is 32.2. The lowest BCUT2D eigenvalue weighted by Gasteiger charge is -2.14. The SMILES string of the molecule is CCSCCC(CN)Cc1ccc(OC)cc1. The molecule has 0 spiro atoms. The van der Waals surface area contributed by atoms with Gasteiger partial charge >= 0.3 is 0 Å². The summed E-state index contributed by atoms with van der Waals surface area (Å²) in [5, 5.41) is 0. The summed E-state index contributed by atoms with van der Waals surface area (Å²) in [6, 6.07) is 8.30. The van der Waals surface area contributed by atoms with Crippen molar-refractivity contribution in [2.24, 2.45) is 11.7 Å². The number of benzene rings is 1. The van der Waals surface area contributed by atoms with Crippen molar-refractivity contribution < 1.29 is 4.74 Å². The zero-order chi connectivity index (χ0) is 12.5. The van der Waals surface area contributed by atoms with Gasteiger partial charge in [-0.2, -0.15) is 11.8 Å². The van der Waals surface area contributed by atoms with Gasteiger partial charge in [0.05, 0.1) is 7.11 Å². The molecule has 2 nitrogen and oxygen atoms in total. The Kier molecular flexibility index (Phi) is 7.13. The van der Waals surface area contributed by atoms with Crippen LogP contribution in [0.5, 0.6) is 5.75 Å². The third kappa shape index (κ3) is 5.46. The minimum atomic E-state index is 0.599. The summed E-state index contributed by atoms with van der Waals surface area (Å²) in [5.74, 6) is 3.93. The fraction of sp³-hybridized carbons (Fsp3) is 0.571. The van der Waals surface area contributed by atoms with E-state index in [1.807, 2.05) is 23.9 Å². The molecule has 0 aromatic heterocycles. The highest BCUT2D eigenvalue weighted by molar-refractivity contribution is 7.99. The van der Waals surface area contributed by atoms with Gasteiger partial charge in [-0.1, -0.05) is 19.1 Å². The van der Waals surface area contributed by atoms with Crippen molar-refractivity contribution in [2.75, 3.05) is 25.2 Å². The second kappa shape index (κ2) is 8.43. The van der Waals surface area contributed by atoms with Gasteiger partial charge in [-0.3, -0.25) is 0 Å². The van der Waals surface area contributed by atoms with Gasteiger partial charge in [0.2, 0.25) is 0 Å². The Morgan fingerprint density at radius 1 is 1.29 bits per heavy atom. The van der Waals surface area contributed by atoms with E-state index in [2.05, 4.69) is 19.1 Å². The first-order valence-electron chi connectivity index (χ1n) is 6.20.